The highest BCUT2D eigenvalue weighted by molar-refractivity contribution is 5.91. The minimum Gasteiger partial charge on any atom is -0.493 e. The van der Waals surface area contributed by atoms with Crippen LogP contribution in [0.4, 0.5) is 0 Å². The zero-order valence-electron chi connectivity index (χ0n) is 12.3. The number of hydrogen-bond acceptors (Lipinski definition) is 3. The van der Waals surface area contributed by atoms with Gasteiger partial charge in [0.15, 0.2) is 0 Å². The molecule has 1 amide bonds. The van der Waals surface area contributed by atoms with Gasteiger partial charge in [0.05, 0.1) is 13.0 Å². The van der Waals surface area contributed by atoms with E-state index in [1.165, 1.54) is 6.07 Å². The molecule has 0 saturated heterocycles. The molecule has 5 nitrogen and oxygen atoms in total. The average Bonchev–Trinajstić information content (AvgIpc) is 2.26. The lowest BCUT2D eigenvalue weighted by atomic mass is 10.1. The number of carbonyl (C=O) groups is 2. The summed E-state index contributed by atoms with van der Waals surface area (Å²) in [6, 6.07) is 4.70. The van der Waals surface area contributed by atoms with Crippen LogP contribution in [0.25, 0.3) is 0 Å². The fourth-order valence-electron chi connectivity index (χ4n) is 1.78. The first kappa shape index (κ1) is 16.0. The van der Waals surface area contributed by atoms with Gasteiger partial charge in [-0.15, -0.1) is 0 Å². The zero-order chi connectivity index (χ0) is 15.3. The largest absolute Gasteiger partial charge is 0.493 e. The lowest BCUT2D eigenvalue weighted by Gasteiger charge is -2.20. The molecule has 0 spiro atoms. The summed E-state index contributed by atoms with van der Waals surface area (Å²) in [5.74, 6) is -0.858. The minimum absolute atomic E-state index is 0.104. The van der Waals surface area contributed by atoms with Gasteiger partial charge in [0.2, 0.25) is 5.91 Å². The van der Waals surface area contributed by atoms with E-state index in [4.69, 9.17) is 9.84 Å². The molecule has 20 heavy (non-hydrogen) atoms. The van der Waals surface area contributed by atoms with Crippen molar-refractivity contribution in [1.29, 1.82) is 0 Å². The first-order valence-corrected chi connectivity index (χ1v) is 6.53. The Hall–Kier alpha value is -2.04. The number of carboxylic acid groups (broad SMARTS) is 1. The molecule has 0 unspecified atom stereocenters. The second-order valence-corrected chi connectivity index (χ2v) is 5.54. The third kappa shape index (κ3) is 4.91. The fraction of sp³-hybridized carbons (Fsp3) is 0.467. The summed E-state index contributed by atoms with van der Waals surface area (Å²) in [5.41, 5.74) is 0.535. The van der Waals surface area contributed by atoms with Crippen molar-refractivity contribution in [3.63, 3.8) is 0 Å². The molecule has 1 aromatic rings. The van der Waals surface area contributed by atoms with E-state index in [1.54, 1.807) is 19.1 Å². The second kappa shape index (κ2) is 6.41. The smallest absolute Gasteiger partial charge is 0.339 e. The molecule has 0 fully saturated rings. The van der Waals surface area contributed by atoms with Gasteiger partial charge in [0.1, 0.15) is 11.3 Å². The van der Waals surface area contributed by atoms with Crippen LogP contribution in [0.2, 0.25) is 0 Å². The monoisotopic (exact) mass is 279 g/mol. The third-order valence-corrected chi connectivity index (χ3v) is 2.46. The predicted octanol–water partition coefficient (Wildman–Crippen LogP) is 2.24. The fourth-order valence-corrected chi connectivity index (χ4v) is 1.78. The van der Waals surface area contributed by atoms with Crippen LogP contribution in [0.15, 0.2) is 18.2 Å². The van der Waals surface area contributed by atoms with E-state index in [-0.39, 0.29) is 23.4 Å². The van der Waals surface area contributed by atoms with Crippen LogP contribution in [0, 0.1) is 0 Å². The van der Waals surface area contributed by atoms with Gasteiger partial charge in [-0.25, -0.2) is 4.79 Å². The van der Waals surface area contributed by atoms with Crippen LogP contribution >= 0.6 is 0 Å². The third-order valence-electron chi connectivity index (χ3n) is 2.46. The summed E-state index contributed by atoms with van der Waals surface area (Å²) in [5, 5.41) is 11.9. The topological polar surface area (TPSA) is 75.6 Å². The van der Waals surface area contributed by atoms with E-state index >= 15 is 0 Å². The number of amides is 1. The van der Waals surface area contributed by atoms with Gasteiger partial charge in [-0.05, 0) is 45.4 Å². The Morgan fingerprint density at radius 2 is 1.95 bits per heavy atom. The second-order valence-electron chi connectivity index (χ2n) is 5.54. The Labute approximate surface area is 118 Å². The quantitative estimate of drug-likeness (QED) is 0.866. The van der Waals surface area contributed by atoms with Crippen molar-refractivity contribution in [2.45, 2.75) is 39.7 Å². The van der Waals surface area contributed by atoms with E-state index in [1.807, 2.05) is 20.8 Å². The molecular weight excluding hydrogens is 258 g/mol. The van der Waals surface area contributed by atoms with Gasteiger partial charge in [-0.2, -0.15) is 0 Å². The molecule has 0 radical (unpaired) electrons. The van der Waals surface area contributed by atoms with Crippen molar-refractivity contribution in [2.24, 2.45) is 0 Å². The Morgan fingerprint density at radius 3 is 2.45 bits per heavy atom. The molecule has 0 heterocycles. The van der Waals surface area contributed by atoms with E-state index < -0.39 is 5.97 Å². The number of rotatable bonds is 5. The molecule has 1 aromatic carbocycles. The summed E-state index contributed by atoms with van der Waals surface area (Å²) in [6.07, 6.45) is 0.192. The zero-order valence-corrected chi connectivity index (χ0v) is 12.3. The maximum atomic E-state index is 11.8. The SMILES string of the molecule is CCOc1cc(CC(=O)NC(C)(C)C)ccc1C(=O)O. The van der Waals surface area contributed by atoms with Crippen LogP contribution < -0.4 is 10.1 Å². The molecule has 0 aliphatic carbocycles. The number of hydrogen-bond donors (Lipinski definition) is 2. The van der Waals surface area contributed by atoms with Crippen molar-refractivity contribution in [2.75, 3.05) is 6.61 Å². The molecule has 110 valence electrons. The molecule has 2 N–H and O–H groups in total. The van der Waals surface area contributed by atoms with Crippen LogP contribution in [0.1, 0.15) is 43.6 Å². The van der Waals surface area contributed by atoms with E-state index in [0.717, 1.165) is 5.56 Å². The molecule has 0 aliphatic rings. The molecule has 5 heteroatoms. The normalized spacial score (nSPS) is 11.0. The Kier molecular flexibility index (Phi) is 5.13. The Morgan fingerprint density at radius 1 is 1.30 bits per heavy atom. The molecule has 0 atom stereocenters. The number of carbonyl (C=O) groups excluding carboxylic acids is 1. The Balaban J connectivity index is 2.89. The lowest BCUT2D eigenvalue weighted by Crippen LogP contribution is -2.41. The standard InChI is InChI=1S/C15H21NO4/c1-5-20-12-8-10(6-7-11(12)14(18)19)9-13(17)16-15(2,3)4/h6-8H,5,9H2,1-4H3,(H,16,17)(H,18,19). The van der Waals surface area contributed by atoms with Gasteiger partial charge >= 0.3 is 5.97 Å². The number of carboxylic acids is 1. The van der Waals surface area contributed by atoms with Crippen molar-refractivity contribution in [3.05, 3.63) is 29.3 Å². The molecule has 0 saturated carbocycles. The molecule has 0 bridgehead atoms. The number of nitrogens with one attached hydrogen (secondary N) is 1. The summed E-state index contributed by atoms with van der Waals surface area (Å²) in [6.45, 7) is 7.88. The van der Waals surface area contributed by atoms with Gasteiger partial charge < -0.3 is 15.2 Å². The Bertz CT molecular complexity index is 503. The minimum atomic E-state index is -1.04. The van der Waals surface area contributed by atoms with Gasteiger partial charge in [0, 0.05) is 5.54 Å². The maximum absolute atomic E-state index is 11.8. The molecule has 0 aliphatic heterocycles. The summed E-state index contributed by atoms with van der Waals surface area (Å²) in [7, 11) is 0. The summed E-state index contributed by atoms with van der Waals surface area (Å²) in [4.78, 5) is 22.9. The first-order valence-electron chi connectivity index (χ1n) is 6.53. The molecule has 1 rings (SSSR count). The van der Waals surface area contributed by atoms with Crippen LogP contribution in [0.3, 0.4) is 0 Å². The maximum Gasteiger partial charge on any atom is 0.339 e. The van der Waals surface area contributed by atoms with E-state index in [0.29, 0.717) is 12.4 Å². The van der Waals surface area contributed by atoms with Crippen molar-refractivity contribution < 1.29 is 19.4 Å². The molecule has 0 aromatic heterocycles. The number of aromatic carboxylic acids is 1. The van der Waals surface area contributed by atoms with Crippen molar-refractivity contribution in [1.82, 2.24) is 5.32 Å². The van der Waals surface area contributed by atoms with E-state index in [2.05, 4.69) is 5.32 Å². The van der Waals surface area contributed by atoms with Crippen LogP contribution in [0.5, 0.6) is 5.75 Å². The first-order chi connectivity index (χ1) is 9.23. The average molecular weight is 279 g/mol. The highest BCUT2D eigenvalue weighted by atomic mass is 16.5. The lowest BCUT2D eigenvalue weighted by molar-refractivity contribution is -0.121. The predicted molar refractivity (Wildman–Crippen MR) is 76.2 cm³/mol. The highest BCUT2D eigenvalue weighted by Gasteiger charge is 2.16. The summed E-state index contributed by atoms with van der Waals surface area (Å²) >= 11 is 0. The van der Waals surface area contributed by atoms with Gasteiger partial charge in [-0.1, -0.05) is 6.07 Å². The molecular formula is C15H21NO4. The van der Waals surface area contributed by atoms with Gasteiger partial charge in [0.25, 0.3) is 0 Å². The summed E-state index contributed by atoms with van der Waals surface area (Å²) < 4.78 is 5.31. The number of ether oxygens (including phenoxy) is 1. The van der Waals surface area contributed by atoms with Crippen molar-refractivity contribution >= 4 is 11.9 Å². The van der Waals surface area contributed by atoms with Crippen molar-refractivity contribution in [3.8, 4) is 5.75 Å². The number of benzene rings is 1. The van der Waals surface area contributed by atoms with Crippen LogP contribution in [-0.2, 0) is 11.2 Å². The van der Waals surface area contributed by atoms with Gasteiger partial charge in [-0.3, -0.25) is 4.79 Å². The van der Waals surface area contributed by atoms with Crippen LogP contribution in [-0.4, -0.2) is 29.1 Å². The van der Waals surface area contributed by atoms with E-state index in [9.17, 15) is 9.59 Å². The highest BCUT2D eigenvalue weighted by Crippen LogP contribution is 2.21.